The van der Waals surface area contributed by atoms with Crippen LogP contribution in [0.5, 0.6) is 23.0 Å². The zero-order valence-corrected chi connectivity index (χ0v) is 11.0. The van der Waals surface area contributed by atoms with Crippen molar-refractivity contribution >= 4 is 0 Å². The van der Waals surface area contributed by atoms with E-state index in [1.165, 1.54) is 18.2 Å². The van der Waals surface area contributed by atoms with Gasteiger partial charge >= 0.3 is 0 Å². The van der Waals surface area contributed by atoms with E-state index < -0.39 is 0 Å². The largest absolute Gasteiger partial charge is 0.504 e. The molecule has 20 heavy (non-hydrogen) atoms. The van der Waals surface area contributed by atoms with Crippen LogP contribution in [0.2, 0.25) is 0 Å². The SMILES string of the molecule is CC1CC(c2ccc(O)c(O)c2)c2c1ccc(O)c2O. The zero-order chi connectivity index (χ0) is 14.4. The van der Waals surface area contributed by atoms with E-state index in [-0.39, 0.29) is 34.8 Å². The van der Waals surface area contributed by atoms with Crippen LogP contribution < -0.4 is 0 Å². The van der Waals surface area contributed by atoms with Gasteiger partial charge in [-0.2, -0.15) is 0 Å². The molecule has 1 aliphatic carbocycles. The van der Waals surface area contributed by atoms with Gasteiger partial charge in [0.05, 0.1) is 0 Å². The van der Waals surface area contributed by atoms with E-state index >= 15 is 0 Å². The molecule has 0 fully saturated rings. The fourth-order valence-corrected chi connectivity index (χ4v) is 3.07. The van der Waals surface area contributed by atoms with Crippen molar-refractivity contribution in [2.24, 2.45) is 0 Å². The summed E-state index contributed by atoms with van der Waals surface area (Å²) in [6.45, 7) is 2.07. The Labute approximate surface area is 116 Å². The second-order valence-corrected chi connectivity index (χ2v) is 5.37. The Balaban J connectivity index is 2.15. The van der Waals surface area contributed by atoms with Crippen LogP contribution in [-0.2, 0) is 0 Å². The summed E-state index contributed by atoms with van der Waals surface area (Å²) in [6.07, 6.45) is 0.788. The first-order valence-electron chi connectivity index (χ1n) is 6.55. The van der Waals surface area contributed by atoms with Crippen LogP contribution >= 0.6 is 0 Å². The van der Waals surface area contributed by atoms with Gasteiger partial charge in [-0.15, -0.1) is 0 Å². The normalized spacial score (nSPS) is 20.9. The highest BCUT2D eigenvalue weighted by atomic mass is 16.3. The average molecular weight is 272 g/mol. The lowest BCUT2D eigenvalue weighted by molar-refractivity contribution is 0.397. The standard InChI is InChI=1S/C16H16O4/c1-8-6-11(9-2-4-12(17)14(19)7-9)15-10(8)3-5-13(18)16(15)20/h2-5,7-8,11,17-20H,6H2,1H3. The fraction of sp³-hybridized carbons (Fsp3) is 0.250. The van der Waals surface area contributed by atoms with Gasteiger partial charge in [0.2, 0.25) is 0 Å². The predicted molar refractivity (Wildman–Crippen MR) is 74.4 cm³/mol. The van der Waals surface area contributed by atoms with Gasteiger partial charge in [0.15, 0.2) is 23.0 Å². The van der Waals surface area contributed by atoms with Crippen molar-refractivity contribution in [1.29, 1.82) is 0 Å². The van der Waals surface area contributed by atoms with E-state index in [2.05, 4.69) is 6.92 Å². The maximum absolute atomic E-state index is 10.1. The van der Waals surface area contributed by atoms with Gasteiger partial charge < -0.3 is 20.4 Å². The minimum Gasteiger partial charge on any atom is -0.504 e. The molecule has 2 unspecified atom stereocenters. The number of phenolic OH excluding ortho intramolecular Hbond substituents is 4. The average Bonchev–Trinajstić information content (AvgIpc) is 2.75. The molecule has 0 bridgehead atoms. The monoisotopic (exact) mass is 272 g/mol. The van der Waals surface area contributed by atoms with E-state index in [4.69, 9.17) is 0 Å². The van der Waals surface area contributed by atoms with Crippen LogP contribution in [0.15, 0.2) is 30.3 Å². The number of aromatic hydroxyl groups is 4. The molecule has 2 aromatic carbocycles. The molecule has 104 valence electrons. The maximum atomic E-state index is 10.1. The van der Waals surface area contributed by atoms with Gasteiger partial charge in [0, 0.05) is 11.5 Å². The van der Waals surface area contributed by atoms with Crippen molar-refractivity contribution < 1.29 is 20.4 Å². The van der Waals surface area contributed by atoms with E-state index in [1.54, 1.807) is 6.07 Å². The molecule has 4 N–H and O–H groups in total. The highest BCUT2D eigenvalue weighted by molar-refractivity contribution is 5.58. The van der Waals surface area contributed by atoms with Crippen molar-refractivity contribution in [3.05, 3.63) is 47.0 Å². The topological polar surface area (TPSA) is 80.9 Å². The highest BCUT2D eigenvalue weighted by Crippen LogP contribution is 2.51. The quantitative estimate of drug-likeness (QED) is 0.601. The second kappa shape index (κ2) is 4.34. The predicted octanol–water partition coefficient (Wildman–Crippen LogP) is 3.15. The third kappa shape index (κ3) is 1.76. The van der Waals surface area contributed by atoms with Crippen LogP contribution in [0.1, 0.15) is 41.9 Å². The third-order valence-electron chi connectivity index (χ3n) is 4.10. The molecule has 0 heterocycles. The molecule has 2 aromatic rings. The van der Waals surface area contributed by atoms with Gasteiger partial charge in [-0.3, -0.25) is 0 Å². The van der Waals surface area contributed by atoms with Crippen LogP contribution in [0.25, 0.3) is 0 Å². The molecular weight excluding hydrogens is 256 g/mol. The summed E-state index contributed by atoms with van der Waals surface area (Å²) in [7, 11) is 0. The first kappa shape index (κ1) is 12.7. The lowest BCUT2D eigenvalue weighted by Gasteiger charge is -2.15. The van der Waals surface area contributed by atoms with Gasteiger partial charge in [0.25, 0.3) is 0 Å². The lowest BCUT2D eigenvalue weighted by atomic mass is 9.91. The van der Waals surface area contributed by atoms with Gasteiger partial charge in [-0.05, 0) is 41.7 Å². The Morgan fingerprint density at radius 1 is 0.900 bits per heavy atom. The van der Waals surface area contributed by atoms with Crippen molar-refractivity contribution in [3.8, 4) is 23.0 Å². The Hall–Kier alpha value is -2.36. The van der Waals surface area contributed by atoms with Gasteiger partial charge in [-0.25, -0.2) is 0 Å². The molecule has 4 heteroatoms. The minimum atomic E-state index is -0.178. The van der Waals surface area contributed by atoms with Crippen LogP contribution in [0.3, 0.4) is 0 Å². The number of hydrogen-bond acceptors (Lipinski definition) is 4. The first-order chi connectivity index (χ1) is 9.49. The molecule has 0 saturated heterocycles. The number of rotatable bonds is 1. The molecular formula is C16H16O4. The Morgan fingerprint density at radius 2 is 1.60 bits per heavy atom. The summed E-state index contributed by atoms with van der Waals surface area (Å²) in [5.74, 6) is -0.408. The van der Waals surface area contributed by atoms with Gasteiger partial charge in [0.1, 0.15) is 0 Å². The zero-order valence-electron chi connectivity index (χ0n) is 11.0. The van der Waals surface area contributed by atoms with Crippen molar-refractivity contribution in [1.82, 2.24) is 0 Å². The molecule has 3 rings (SSSR count). The number of benzene rings is 2. The number of phenols is 4. The summed E-state index contributed by atoms with van der Waals surface area (Å²) in [5, 5.41) is 38.9. The molecule has 0 aliphatic heterocycles. The summed E-state index contributed by atoms with van der Waals surface area (Å²) < 4.78 is 0. The third-order valence-corrected chi connectivity index (χ3v) is 4.10. The molecule has 0 radical (unpaired) electrons. The summed E-state index contributed by atoms with van der Waals surface area (Å²) in [4.78, 5) is 0. The van der Waals surface area contributed by atoms with Crippen LogP contribution in [-0.4, -0.2) is 20.4 Å². The molecule has 0 saturated carbocycles. The highest BCUT2D eigenvalue weighted by Gasteiger charge is 2.33. The van der Waals surface area contributed by atoms with E-state index in [0.29, 0.717) is 5.56 Å². The van der Waals surface area contributed by atoms with Crippen LogP contribution in [0, 0.1) is 0 Å². The molecule has 0 amide bonds. The second-order valence-electron chi connectivity index (χ2n) is 5.37. The van der Waals surface area contributed by atoms with E-state index in [9.17, 15) is 20.4 Å². The van der Waals surface area contributed by atoms with Crippen molar-refractivity contribution in [3.63, 3.8) is 0 Å². The summed E-state index contributed by atoms with van der Waals surface area (Å²) in [6, 6.07) is 8.00. The number of fused-ring (bicyclic) bond motifs is 1. The number of hydrogen-bond donors (Lipinski definition) is 4. The maximum Gasteiger partial charge on any atom is 0.161 e. The smallest absolute Gasteiger partial charge is 0.161 e. The van der Waals surface area contributed by atoms with E-state index in [1.807, 2.05) is 6.07 Å². The fourth-order valence-electron chi connectivity index (χ4n) is 3.07. The van der Waals surface area contributed by atoms with Crippen molar-refractivity contribution in [2.45, 2.75) is 25.2 Å². The summed E-state index contributed by atoms with van der Waals surface area (Å²) in [5.41, 5.74) is 2.53. The molecule has 2 atom stereocenters. The van der Waals surface area contributed by atoms with Crippen molar-refractivity contribution in [2.75, 3.05) is 0 Å². The Morgan fingerprint density at radius 3 is 2.30 bits per heavy atom. The minimum absolute atomic E-state index is 0.0931. The first-order valence-corrected chi connectivity index (χ1v) is 6.55. The van der Waals surface area contributed by atoms with E-state index in [0.717, 1.165) is 17.5 Å². The lowest BCUT2D eigenvalue weighted by Crippen LogP contribution is -1.96. The molecule has 1 aliphatic rings. The molecule has 0 spiro atoms. The molecule has 0 aromatic heterocycles. The molecule has 4 nitrogen and oxygen atoms in total. The Kier molecular flexibility index (Phi) is 2.74. The Bertz CT molecular complexity index is 678. The van der Waals surface area contributed by atoms with Crippen LogP contribution in [0.4, 0.5) is 0 Å². The summed E-state index contributed by atoms with van der Waals surface area (Å²) >= 11 is 0. The van der Waals surface area contributed by atoms with Gasteiger partial charge in [-0.1, -0.05) is 19.1 Å².